The second-order valence-electron chi connectivity index (χ2n) is 9.99. The second kappa shape index (κ2) is 9.82. The van der Waals surface area contributed by atoms with Gasteiger partial charge in [0.15, 0.2) is 23.9 Å². The van der Waals surface area contributed by atoms with E-state index in [-0.39, 0.29) is 18.8 Å². The lowest BCUT2D eigenvalue weighted by Gasteiger charge is -2.17. The summed E-state index contributed by atoms with van der Waals surface area (Å²) in [7, 11) is 1.59. The van der Waals surface area contributed by atoms with Gasteiger partial charge in [-0.15, -0.1) is 0 Å². The molecule has 0 spiro atoms. The van der Waals surface area contributed by atoms with Gasteiger partial charge in [-0.1, -0.05) is 12.1 Å². The zero-order valence-electron chi connectivity index (χ0n) is 21.3. The summed E-state index contributed by atoms with van der Waals surface area (Å²) in [5.74, 6) is 1.47. The van der Waals surface area contributed by atoms with Crippen LogP contribution in [0.4, 0.5) is 20.8 Å². The van der Waals surface area contributed by atoms with Crippen molar-refractivity contribution in [3.05, 3.63) is 54.0 Å². The molecule has 1 saturated carbocycles. The van der Waals surface area contributed by atoms with Crippen LogP contribution in [0.25, 0.3) is 16.8 Å². The van der Waals surface area contributed by atoms with Gasteiger partial charge in [-0.3, -0.25) is 5.10 Å². The number of amides is 1. The first-order valence-corrected chi connectivity index (χ1v) is 12.6. The van der Waals surface area contributed by atoms with Gasteiger partial charge in [0.1, 0.15) is 17.4 Å². The number of aromatic nitrogens is 5. The lowest BCUT2D eigenvalue weighted by Crippen LogP contribution is -2.39. The van der Waals surface area contributed by atoms with Crippen LogP contribution in [0, 0.1) is 0 Å². The number of carbonyl (C=O) groups excluding carboxylic acids is 1. The summed E-state index contributed by atoms with van der Waals surface area (Å²) in [5, 5.41) is 27.0. The number of anilines is 2. The van der Waals surface area contributed by atoms with E-state index < -0.39 is 24.5 Å². The fourth-order valence-electron chi connectivity index (χ4n) is 4.46. The molecular formula is C26H28FN7O5. The highest BCUT2D eigenvalue weighted by Gasteiger charge is 2.44. The van der Waals surface area contributed by atoms with E-state index in [1.165, 1.54) is 0 Å². The van der Waals surface area contributed by atoms with E-state index >= 15 is 4.39 Å². The molecule has 13 heteroatoms. The number of aliphatic hydroxyl groups is 1. The van der Waals surface area contributed by atoms with Gasteiger partial charge in [-0.2, -0.15) is 10.2 Å². The van der Waals surface area contributed by atoms with Crippen LogP contribution in [0.5, 0.6) is 5.75 Å². The molecule has 2 aliphatic rings. The van der Waals surface area contributed by atoms with Crippen molar-refractivity contribution in [1.82, 2.24) is 30.1 Å². The monoisotopic (exact) mass is 537 g/mol. The summed E-state index contributed by atoms with van der Waals surface area (Å²) in [5.41, 5.74) is 2.61. The van der Waals surface area contributed by atoms with Crippen molar-refractivity contribution in [3.8, 4) is 17.0 Å². The van der Waals surface area contributed by atoms with Crippen molar-refractivity contribution in [1.29, 1.82) is 0 Å². The summed E-state index contributed by atoms with van der Waals surface area (Å²) in [6.45, 7) is 1.61. The largest absolute Gasteiger partial charge is 0.497 e. The van der Waals surface area contributed by atoms with E-state index in [9.17, 15) is 9.90 Å². The van der Waals surface area contributed by atoms with Gasteiger partial charge in [0.05, 0.1) is 43.6 Å². The number of nitrogens with zero attached hydrogens (tertiary/aromatic N) is 4. The Morgan fingerprint density at radius 1 is 1.33 bits per heavy atom. The van der Waals surface area contributed by atoms with Crippen LogP contribution in [-0.2, 0) is 16.1 Å². The highest BCUT2D eigenvalue weighted by Crippen LogP contribution is 2.36. The number of aliphatic hydroxyl groups excluding tert-OH is 1. The minimum atomic E-state index is -1.57. The molecule has 39 heavy (non-hydrogen) atoms. The third-order valence-electron chi connectivity index (χ3n) is 6.93. The van der Waals surface area contributed by atoms with Crippen molar-refractivity contribution in [2.24, 2.45) is 0 Å². The van der Waals surface area contributed by atoms with Crippen LogP contribution in [0.1, 0.15) is 37.3 Å². The molecule has 0 radical (unpaired) electrons. The Bertz CT molecular complexity index is 1520. The molecule has 1 aliphatic carbocycles. The zero-order chi connectivity index (χ0) is 27.1. The van der Waals surface area contributed by atoms with Crippen LogP contribution in [0.15, 0.2) is 42.6 Å². The number of aromatic amines is 1. The number of nitrogens with one attached hydrogen (secondary N) is 3. The molecule has 1 saturated heterocycles. The van der Waals surface area contributed by atoms with E-state index in [0.29, 0.717) is 40.0 Å². The van der Waals surface area contributed by atoms with Crippen molar-refractivity contribution in [2.45, 2.75) is 50.3 Å². The number of benzene rings is 1. The summed E-state index contributed by atoms with van der Waals surface area (Å²) in [4.78, 5) is 16.9. The molecule has 1 amide bonds. The van der Waals surface area contributed by atoms with E-state index in [0.717, 1.165) is 18.4 Å². The number of alkyl carbamates (subject to hydrolysis) is 1. The van der Waals surface area contributed by atoms with Gasteiger partial charge in [0.2, 0.25) is 0 Å². The summed E-state index contributed by atoms with van der Waals surface area (Å²) < 4.78 is 33.0. The lowest BCUT2D eigenvalue weighted by molar-refractivity contribution is 0.0604. The number of halogens is 1. The van der Waals surface area contributed by atoms with Crippen LogP contribution < -0.4 is 15.4 Å². The van der Waals surface area contributed by atoms with Crippen molar-refractivity contribution >= 4 is 23.2 Å². The molecule has 3 atom stereocenters. The normalized spacial score (nSPS) is 21.6. The maximum atomic E-state index is 15.2. The Morgan fingerprint density at radius 3 is 2.95 bits per heavy atom. The minimum absolute atomic E-state index is 0.0672. The standard InChI is InChI=1S/C26H28FN7O5/c1-26(6-7-26)30-25(36)39-20-13-38-23(22(20)27)17-10-21(32-31-17)29-24-19-9-15(12-35)33-34(19)11-18(28-24)14-4-3-5-16(8-14)37-2/h3-5,8-11,20,22-23,35H,6-7,12-13H2,1-2H3,(H,30,36)(H2,28,29,31,32)/t20-,22-,23-/m0/s1. The molecule has 0 unspecified atom stereocenters. The maximum Gasteiger partial charge on any atom is 0.408 e. The zero-order valence-corrected chi connectivity index (χ0v) is 21.3. The molecule has 2 fully saturated rings. The Morgan fingerprint density at radius 2 is 2.18 bits per heavy atom. The first-order valence-electron chi connectivity index (χ1n) is 12.6. The number of fused-ring (bicyclic) bond motifs is 1. The maximum absolute atomic E-state index is 15.2. The van der Waals surface area contributed by atoms with Crippen LogP contribution in [-0.4, -0.2) is 67.5 Å². The molecule has 3 aromatic heterocycles. The summed E-state index contributed by atoms with van der Waals surface area (Å²) >= 11 is 0. The van der Waals surface area contributed by atoms with Crippen LogP contribution in [0.3, 0.4) is 0 Å². The molecule has 1 aromatic carbocycles. The van der Waals surface area contributed by atoms with Crippen molar-refractivity contribution in [2.75, 3.05) is 19.0 Å². The van der Waals surface area contributed by atoms with Gasteiger partial charge in [-0.25, -0.2) is 18.7 Å². The first kappa shape index (κ1) is 25.1. The number of rotatable bonds is 8. The number of hydrogen-bond donors (Lipinski definition) is 4. The van der Waals surface area contributed by atoms with Gasteiger partial charge in [0.25, 0.3) is 0 Å². The third-order valence-corrected chi connectivity index (χ3v) is 6.93. The highest BCUT2D eigenvalue weighted by molar-refractivity contribution is 5.76. The van der Waals surface area contributed by atoms with Crippen molar-refractivity contribution in [3.63, 3.8) is 0 Å². The molecule has 12 nitrogen and oxygen atoms in total. The SMILES string of the molecule is COc1cccc(-c2cn3nc(CO)cc3c(Nc3cc([C@@H]4OC[C@H](OC(=O)NC5(C)CC5)[C@@H]4F)[nH]n3)n2)c1. The average Bonchev–Trinajstić information content (AvgIpc) is 3.28. The fraction of sp³-hybridized carbons (Fsp3) is 0.385. The molecular weight excluding hydrogens is 509 g/mol. The third kappa shape index (κ3) is 5.10. The molecule has 204 valence electrons. The molecule has 4 aromatic rings. The number of carbonyl (C=O) groups is 1. The highest BCUT2D eigenvalue weighted by atomic mass is 19.1. The molecule has 4 heterocycles. The van der Waals surface area contributed by atoms with Gasteiger partial charge >= 0.3 is 6.09 Å². The van der Waals surface area contributed by atoms with E-state index in [4.69, 9.17) is 19.2 Å². The topological polar surface area (TPSA) is 148 Å². The molecule has 1 aliphatic heterocycles. The quantitative estimate of drug-likeness (QED) is 0.265. The molecule has 0 bridgehead atoms. The summed E-state index contributed by atoms with van der Waals surface area (Å²) in [6.07, 6.45) is -0.717. The van der Waals surface area contributed by atoms with E-state index in [1.54, 1.807) is 30.0 Å². The van der Waals surface area contributed by atoms with Crippen LogP contribution in [0.2, 0.25) is 0 Å². The fourth-order valence-corrected chi connectivity index (χ4v) is 4.46. The number of alkyl halides is 1. The van der Waals surface area contributed by atoms with Crippen molar-refractivity contribution < 1.29 is 28.5 Å². The van der Waals surface area contributed by atoms with E-state index in [2.05, 4.69) is 25.9 Å². The number of methoxy groups -OCH3 is 1. The summed E-state index contributed by atoms with van der Waals surface area (Å²) in [6, 6.07) is 10.8. The lowest BCUT2D eigenvalue weighted by atomic mass is 10.1. The van der Waals surface area contributed by atoms with Gasteiger partial charge in [0, 0.05) is 17.2 Å². The predicted molar refractivity (Wildman–Crippen MR) is 137 cm³/mol. The van der Waals surface area contributed by atoms with E-state index in [1.807, 2.05) is 31.2 Å². The van der Waals surface area contributed by atoms with Gasteiger partial charge < -0.3 is 30.0 Å². The molecule has 4 N–H and O–H groups in total. The average molecular weight is 538 g/mol. The van der Waals surface area contributed by atoms with Crippen LogP contribution >= 0.6 is 0 Å². The Labute approximate surface area is 222 Å². The smallest absolute Gasteiger partial charge is 0.408 e. The molecule has 6 rings (SSSR count). The number of H-pyrrole nitrogens is 1. The Hall–Kier alpha value is -4.23. The van der Waals surface area contributed by atoms with Gasteiger partial charge in [-0.05, 0) is 38.0 Å². The Kier molecular flexibility index (Phi) is 6.31. The predicted octanol–water partition coefficient (Wildman–Crippen LogP) is 3.42. The first-order chi connectivity index (χ1) is 18.8. The minimum Gasteiger partial charge on any atom is -0.497 e. The second-order valence-corrected chi connectivity index (χ2v) is 9.99. The number of hydrogen-bond acceptors (Lipinski definition) is 9. The number of ether oxygens (including phenoxy) is 3. The Balaban J connectivity index is 1.22.